The van der Waals surface area contributed by atoms with Crippen molar-refractivity contribution in [3.8, 4) is 0 Å². The molecule has 0 bridgehead atoms. The first-order valence-electron chi connectivity index (χ1n) is 4.53. The van der Waals surface area contributed by atoms with Gasteiger partial charge in [0, 0.05) is 0 Å². The molecular formula is C9H20O3S. The first-order chi connectivity index (χ1) is 5.62. The molecule has 0 saturated heterocycles. The molecule has 0 atom stereocenters. The van der Waals surface area contributed by atoms with Crippen LogP contribution >= 0.6 is 0 Å². The number of hydrogen-bond donors (Lipinski definition) is 0. The van der Waals surface area contributed by atoms with E-state index in [9.17, 15) is 8.42 Å². The molecule has 3 nitrogen and oxygen atoms in total. The third kappa shape index (κ3) is 8.25. The largest absolute Gasteiger partial charge is 0.267 e. The van der Waals surface area contributed by atoms with E-state index < -0.39 is 10.1 Å². The van der Waals surface area contributed by atoms with Crippen molar-refractivity contribution in [2.75, 3.05) is 5.75 Å². The van der Waals surface area contributed by atoms with Crippen LogP contribution in [0.3, 0.4) is 0 Å². The minimum atomic E-state index is -3.31. The Morgan fingerprint density at radius 2 is 1.69 bits per heavy atom. The highest BCUT2D eigenvalue weighted by Gasteiger charge is 2.18. The molecule has 13 heavy (non-hydrogen) atoms. The maximum Gasteiger partial charge on any atom is 0.267 e. The van der Waals surface area contributed by atoms with Crippen LogP contribution < -0.4 is 0 Å². The summed E-state index contributed by atoms with van der Waals surface area (Å²) in [6.45, 7) is 9.47. The van der Waals surface area contributed by atoms with Gasteiger partial charge in [0.25, 0.3) is 10.1 Å². The zero-order valence-corrected chi connectivity index (χ0v) is 9.94. The molecule has 0 radical (unpaired) electrons. The lowest BCUT2D eigenvalue weighted by molar-refractivity contribution is 0.246. The van der Waals surface area contributed by atoms with Crippen LogP contribution in [0.4, 0.5) is 0 Å². The van der Waals surface area contributed by atoms with Gasteiger partial charge in [0.2, 0.25) is 0 Å². The monoisotopic (exact) mass is 208 g/mol. The molecule has 0 aliphatic rings. The fourth-order valence-corrected chi connectivity index (χ4v) is 2.32. The Kier molecular flexibility index (Phi) is 4.39. The van der Waals surface area contributed by atoms with Crippen molar-refractivity contribution < 1.29 is 12.6 Å². The molecule has 0 unspecified atom stereocenters. The fourth-order valence-electron chi connectivity index (χ4n) is 0.773. The van der Waals surface area contributed by atoms with Crippen molar-refractivity contribution in [3.05, 3.63) is 0 Å². The zero-order chi connectivity index (χ0) is 10.7. The molecule has 0 aliphatic carbocycles. The Balaban J connectivity index is 4.06. The smallest absolute Gasteiger partial charge is 0.267 e. The second-order valence-corrected chi connectivity index (χ2v) is 6.43. The van der Waals surface area contributed by atoms with E-state index in [0.29, 0.717) is 6.42 Å². The van der Waals surface area contributed by atoms with E-state index in [4.69, 9.17) is 4.18 Å². The van der Waals surface area contributed by atoms with E-state index in [1.807, 2.05) is 20.8 Å². The van der Waals surface area contributed by atoms with Gasteiger partial charge in [-0.1, -0.05) is 20.8 Å². The molecule has 0 aromatic heterocycles. The molecule has 0 amide bonds. The Bertz CT molecular complexity index is 234. The molecule has 0 aromatic rings. The lowest BCUT2D eigenvalue weighted by atomic mass is 9.94. The molecule has 4 heteroatoms. The zero-order valence-electron chi connectivity index (χ0n) is 9.12. The van der Waals surface area contributed by atoms with Crippen LogP contribution in [0.2, 0.25) is 0 Å². The maximum absolute atomic E-state index is 11.3. The van der Waals surface area contributed by atoms with E-state index in [-0.39, 0.29) is 17.3 Å². The molecule has 0 aliphatic heterocycles. The second kappa shape index (κ2) is 4.42. The molecule has 0 aromatic carbocycles. The normalized spacial score (nSPS) is 13.7. The van der Waals surface area contributed by atoms with Crippen LogP contribution in [-0.2, 0) is 14.3 Å². The highest BCUT2D eigenvalue weighted by molar-refractivity contribution is 7.86. The van der Waals surface area contributed by atoms with Gasteiger partial charge in [-0.25, -0.2) is 0 Å². The minimum Gasteiger partial charge on any atom is -0.267 e. The van der Waals surface area contributed by atoms with Gasteiger partial charge in [-0.2, -0.15) is 8.42 Å². The summed E-state index contributed by atoms with van der Waals surface area (Å²) in [5.41, 5.74) is 0.0351. The van der Waals surface area contributed by atoms with Gasteiger partial charge in [0.15, 0.2) is 0 Å². The van der Waals surface area contributed by atoms with Crippen molar-refractivity contribution in [1.82, 2.24) is 0 Å². The van der Waals surface area contributed by atoms with Crippen molar-refractivity contribution >= 4 is 10.1 Å². The molecule has 0 heterocycles. The first kappa shape index (κ1) is 12.9. The van der Waals surface area contributed by atoms with Crippen LogP contribution in [0.5, 0.6) is 0 Å². The molecule has 0 saturated carbocycles. The minimum absolute atomic E-state index is 0.0351. The van der Waals surface area contributed by atoms with Crippen LogP contribution in [0.15, 0.2) is 0 Å². The Hall–Kier alpha value is -0.0900. The maximum atomic E-state index is 11.3. The van der Waals surface area contributed by atoms with Crippen molar-refractivity contribution in [2.45, 2.75) is 47.1 Å². The van der Waals surface area contributed by atoms with Gasteiger partial charge in [-0.05, 0) is 25.7 Å². The molecule has 80 valence electrons. The summed E-state index contributed by atoms with van der Waals surface area (Å²) in [5, 5.41) is 0. The van der Waals surface area contributed by atoms with Crippen LogP contribution in [0, 0.1) is 5.41 Å². The highest BCUT2D eigenvalue weighted by Crippen LogP contribution is 2.19. The summed E-state index contributed by atoms with van der Waals surface area (Å²) >= 11 is 0. The Morgan fingerprint density at radius 3 is 2.00 bits per heavy atom. The quantitative estimate of drug-likeness (QED) is 0.665. The third-order valence-corrected chi connectivity index (χ3v) is 2.82. The standard InChI is InChI=1S/C9H20O3S/c1-8(2)12-13(10,11)7-6-9(3,4)5/h8H,6-7H2,1-5H3. The summed E-state index contributed by atoms with van der Waals surface area (Å²) < 4.78 is 27.3. The summed E-state index contributed by atoms with van der Waals surface area (Å²) in [5.74, 6) is 0.106. The molecule has 0 spiro atoms. The lowest BCUT2D eigenvalue weighted by Crippen LogP contribution is -2.19. The predicted molar refractivity (Wildman–Crippen MR) is 54.1 cm³/mol. The molecular weight excluding hydrogens is 188 g/mol. The number of rotatable bonds is 4. The summed E-state index contributed by atoms with van der Waals surface area (Å²) in [6.07, 6.45) is 0.368. The van der Waals surface area contributed by atoms with Crippen molar-refractivity contribution in [2.24, 2.45) is 5.41 Å². The third-order valence-electron chi connectivity index (χ3n) is 1.44. The van der Waals surface area contributed by atoms with E-state index in [1.54, 1.807) is 13.8 Å². The summed E-state index contributed by atoms with van der Waals surface area (Å²) in [7, 11) is -3.31. The van der Waals surface area contributed by atoms with Gasteiger partial charge in [0.1, 0.15) is 0 Å². The van der Waals surface area contributed by atoms with E-state index in [1.165, 1.54) is 0 Å². The SMILES string of the molecule is CC(C)OS(=O)(=O)CCC(C)(C)C. The van der Waals surface area contributed by atoms with E-state index in [0.717, 1.165) is 0 Å². The van der Waals surface area contributed by atoms with Gasteiger partial charge in [-0.3, -0.25) is 4.18 Å². The van der Waals surface area contributed by atoms with Crippen LogP contribution in [-0.4, -0.2) is 20.3 Å². The molecule has 0 rings (SSSR count). The predicted octanol–water partition coefficient (Wildman–Crippen LogP) is 2.18. The van der Waals surface area contributed by atoms with E-state index in [2.05, 4.69) is 0 Å². The molecule has 0 N–H and O–H groups in total. The highest BCUT2D eigenvalue weighted by atomic mass is 32.2. The van der Waals surface area contributed by atoms with Gasteiger partial charge < -0.3 is 0 Å². The second-order valence-electron chi connectivity index (χ2n) is 4.72. The van der Waals surface area contributed by atoms with E-state index >= 15 is 0 Å². The molecule has 0 fully saturated rings. The van der Waals surface area contributed by atoms with Gasteiger partial charge >= 0.3 is 0 Å². The van der Waals surface area contributed by atoms with Crippen LogP contribution in [0.25, 0.3) is 0 Å². The van der Waals surface area contributed by atoms with Gasteiger partial charge in [-0.15, -0.1) is 0 Å². The van der Waals surface area contributed by atoms with Crippen molar-refractivity contribution in [3.63, 3.8) is 0 Å². The summed E-state index contributed by atoms with van der Waals surface area (Å²) in [4.78, 5) is 0. The van der Waals surface area contributed by atoms with Crippen molar-refractivity contribution in [1.29, 1.82) is 0 Å². The Labute approximate surface area is 81.6 Å². The topological polar surface area (TPSA) is 43.4 Å². The van der Waals surface area contributed by atoms with Crippen LogP contribution in [0.1, 0.15) is 41.0 Å². The summed E-state index contributed by atoms with van der Waals surface area (Å²) in [6, 6.07) is 0. The number of hydrogen-bond acceptors (Lipinski definition) is 3. The Morgan fingerprint density at radius 1 is 1.23 bits per heavy atom. The van der Waals surface area contributed by atoms with Gasteiger partial charge in [0.05, 0.1) is 11.9 Å². The first-order valence-corrected chi connectivity index (χ1v) is 6.11. The fraction of sp³-hybridized carbons (Fsp3) is 1.00. The average molecular weight is 208 g/mol. The average Bonchev–Trinajstić information content (AvgIpc) is 1.79. The lowest BCUT2D eigenvalue weighted by Gasteiger charge is -2.18.